The number of hydrogen-bond acceptors (Lipinski definition) is 5. The summed E-state index contributed by atoms with van der Waals surface area (Å²) in [6, 6.07) is 12.0. The lowest BCUT2D eigenvalue weighted by Gasteiger charge is -2.20. The van der Waals surface area contributed by atoms with Crippen molar-refractivity contribution in [3.05, 3.63) is 47.7 Å². The van der Waals surface area contributed by atoms with Crippen LogP contribution in [0.2, 0.25) is 0 Å². The highest BCUT2D eigenvalue weighted by molar-refractivity contribution is 6.02. The number of hydrogen-bond donors (Lipinski definition) is 2. The summed E-state index contributed by atoms with van der Waals surface area (Å²) in [6.45, 7) is 6.04. The zero-order valence-corrected chi connectivity index (χ0v) is 12.7. The van der Waals surface area contributed by atoms with Crippen LogP contribution in [-0.4, -0.2) is 21.6 Å². The minimum absolute atomic E-state index is 0.124. The molecule has 1 aromatic carbocycles. The predicted molar refractivity (Wildman–Crippen MR) is 84.5 cm³/mol. The second-order valence-electron chi connectivity index (χ2n) is 5.82. The highest BCUT2D eigenvalue weighted by Crippen LogP contribution is 2.13. The molecule has 0 aliphatic rings. The lowest BCUT2D eigenvalue weighted by Crippen LogP contribution is -2.27. The highest BCUT2D eigenvalue weighted by atomic mass is 16.1. The number of rotatable bonds is 3. The minimum Gasteiger partial charge on any atom is -0.364 e. The lowest BCUT2D eigenvalue weighted by atomic mass is 10.1. The monoisotopic (exact) mass is 295 g/mol. The Morgan fingerprint density at radius 2 is 1.77 bits per heavy atom. The molecular formula is C16H17N5O. The molecule has 0 bridgehead atoms. The number of aromatic nitrogens is 2. The van der Waals surface area contributed by atoms with Crippen molar-refractivity contribution in [3.8, 4) is 6.07 Å². The molecule has 6 heteroatoms. The zero-order valence-electron chi connectivity index (χ0n) is 12.7. The minimum atomic E-state index is -0.348. The smallest absolute Gasteiger partial charge is 0.276 e. The van der Waals surface area contributed by atoms with Gasteiger partial charge >= 0.3 is 0 Å². The van der Waals surface area contributed by atoms with Crippen LogP contribution in [0.15, 0.2) is 36.4 Å². The van der Waals surface area contributed by atoms with Crippen molar-refractivity contribution in [2.45, 2.75) is 26.3 Å². The van der Waals surface area contributed by atoms with Crippen molar-refractivity contribution in [3.63, 3.8) is 0 Å². The molecule has 2 N–H and O–H groups in total. The molecular weight excluding hydrogens is 278 g/mol. The number of nitriles is 1. The molecule has 0 saturated carbocycles. The van der Waals surface area contributed by atoms with Crippen molar-refractivity contribution >= 4 is 17.4 Å². The third-order valence-electron chi connectivity index (χ3n) is 2.67. The molecule has 112 valence electrons. The third kappa shape index (κ3) is 4.28. The summed E-state index contributed by atoms with van der Waals surface area (Å²) in [4.78, 5) is 12.1. The van der Waals surface area contributed by atoms with Crippen molar-refractivity contribution in [2.24, 2.45) is 0 Å². The van der Waals surface area contributed by atoms with Gasteiger partial charge in [0.1, 0.15) is 5.82 Å². The number of amides is 1. The summed E-state index contributed by atoms with van der Waals surface area (Å²) < 4.78 is 0. The average Bonchev–Trinajstić information content (AvgIpc) is 2.47. The van der Waals surface area contributed by atoms with E-state index in [4.69, 9.17) is 5.26 Å². The van der Waals surface area contributed by atoms with Gasteiger partial charge in [-0.25, -0.2) is 0 Å². The van der Waals surface area contributed by atoms with Gasteiger partial charge < -0.3 is 10.6 Å². The molecule has 0 fully saturated rings. The standard InChI is InChI=1S/C16H17N5O/c1-16(2,3)19-14-9-8-13(20-21-14)15(22)18-12-6-4-11(10-17)5-7-12/h4-9H,1-3H3,(H,18,22)(H,19,21). The summed E-state index contributed by atoms with van der Waals surface area (Å²) in [6.07, 6.45) is 0. The Morgan fingerprint density at radius 1 is 1.09 bits per heavy atom. The Labute approximate surface area is 129 Å². The van der Waals surface area contributed by atoms with Crippen LogP contribution < -0.4 is 10.6 Å². The zero-order chi connectivity index (χ0) is 16.2. The van der Waals surface area contributed by atoms with Gasteiger partial charge in [-0.2, -0.15) is 5.26 Å². The van der Waals surface area contributed by atoms with E-state index in [0.29, 0.717) is 17.1 Å². The first-order valence-corrected chi connectivity index (χ1v) is 6.81. The molecule has 2 aromatic rings. The first-order chi connectivity index (χ1) is 10.4. The van der Waals surface area contributed by atoms with E-state index in [1.807, 2.05) is 26.8 Å². The first-order valence-electron chi connectivity index (χ1n) is 6.81. The number of nitrogens with one attached hydrogen (secondary N) is 2. The predicted octanol–water partition coefficient (Wildman–Crippen LogP) is 2.81. The van der Waals surface area contributed by atoms with Gasteiger partial charge in [0.05, 0.1) is 11.6 Å². The van der Waals surface area contributed by atoms with Crippen LogP contribution in [0.4, 0.5) is 11.5 Å². The van der Waals surface area contributed by atoms with Gasteiger partial charge in [0, 0.05) is 11.2 Å². The van der Waals surface area contributed by atoms with Crippen molar-refractivity contribution in [1.82, 2.24) is 10.2 Å². The molecule has 1 aromatic heterocycles. The quantitative estimate of drug-likeness (QED) is 0.908. The average molecular weight is 295 g/mol. The maximum atomic E-state index is 12.1. The normalized spacial score (nSPS) is 10.6. The number of carbonyl (C=O) groups is 1. The Hall–Kier alpha value is -2.94. The summed E-state index contributed by atoms with van der Waals surface area (Å²) in [5, 5.41) is 22.5. The maximum Gasteiger partial charge on any atom is 0.276 e. The number of anilines is 2. The summed E-state index contributed by atoms with van der Waals surface area (Å²) in [5.41, 5.74) is 1.24. The van der Waals surface area contributed by atoms with Gasteiger partial charge in [-0.15, -0.1) is 10.2 Å². The second kappa shape index (κ2) is 6.22. The van der Waals surface area contributed by atoms with Gasteiger partial charge in [-0.3, -0.25) is 4.79 Å². The summed E-state index contributed by atoms with van der Waals surface area (Å²) in [5.74, 6) is 0.266. The van der Waals surface area contributed by atoms with E-state index in [1.54, 1.807) is 36.4 Å². The molecule has 0 aliphatic carbocycles. The molecule has 0 atom stereocenters. The summed E-state index contributed by atoms with van der Waals surface area (Å²) >= 11 is 0. The van der Waals surface area contributed by atoms with E-state index in [9.17, 15) is 4.79 Å². The second-order valence-corrected chi connectivity index (χ2v) is 5.82. The van der Waals surface area contributed by atoms with Gasteiger partial charge in [-0.1, -0.05) is 0 Å². The van der Waals surface area contributed by atoms with Crippen LogP contribution in [0.3, 0.4) is 0 Å². The van der Waals surface area contributed by atoms with Gasteiger partial charge in [0.25, 0.3) is 5.91 Å². The van der Waals surface area contributed by atoms with E-state index in [2.05, 4.69) is 20.8 Å². The fourth-order valence-corrected chi connectivity index (χ4v) is 1.73. The van der Waals surface area contributed by atoms with Crippen LogP contribution in [0, 0.1) is 11.3 Å². The van der Waals surface area contributed by atoms with Gasteiger partial charge in [0.2, 0.25) is 0 Å². The fraction of sp³-hybridized carbons (Fsp3) is 0.250. The van der Waals surface area contributed by atoms with E-state index in [1.165, 1.54) is 0 Å². The number of nitrogens with zero attached hydrogens (tertiary/aromatic N) is 3. The maximum absolute atomic E-state index is 12.1. The molecule has 1 heterocycles. The van der Waals surface area contributed by atoms with Crippen LogP contribution in [0.1, 0.15) is 36.8 Å². The van der Waals surface area contributed by atoms with Crippen LogP contribution in [0.5, 0.6) is 0 Å². The molecule has 0 unspecified atom stereocenters. The van der Waals surface area contributed by atoms with E-state index < -0.39 is 0 Å². The molecule has 0 spiro atoms. The van der Waals surface area contributed by atoms with Gasteiger partial charge in [-0.05, 0) is 57.2 Å². The van der Waals surface area contributed by atoms with Crippen LogP contribution >= 0.6 is 0 Å². The Morgan fingerprint density at radius 3 is 2.27 bits per heavy atom. The topological polar surface area (TPSA) is 90.7 Å². The highest BCUT2D eigenvalue weighted by Gasteiger charge is 2.12. The van der Waals surface area contributed by atoms with Crippen molar-refractivity contribution in [2.75, 3.05) is 10.6 Å². The number of benzene rings is 1. The molecule has 0 radical (unpaired) electrons. The first kappa shape index (κ1) is 15.4. The molecule has 6 nitrogen and oxygen atoms in total. The van der Waals surface area contributed by atoms with E-state index in [0.717, 1.165) is 0 Å². The Bertz CT molecular complexity index is 693. The number of carbonyl (C=O) groups excluding carboxylic acids is 1. The van der Waals surface area contributed by atoms with Crippen LogP contribution in [-0.2, 0) is 0 Å². The lowest BCUT2D eigenvalue weighted by molar-refractivity contribution is 0.102. The van der Waals surface area contributed by atoms with E-state index >= 15 is 0 Å². The molecule has 0 aliphatic heterocycles. The largest absolute Gasteiger partial charge is 0.364 e. The van der Waals surface area contributed by atoms with Gasteiger partial charge in [0.15, 0.2) is 5.69 Å². The molecule has 2 rings (SSSR count). The third-order valence-corrected chi connectivity index (χ3v) is 2.67. The summed E-state index contributed by atoms with van der Waals surface area (Å²) in [7, 11) is 0. The van der Waals surface area contributed by atoms with Crippen LogP contribution in [0.25, 0.3) is 0 Å². The Kier molecular flexibility index (Phi) is 4.37. The Balaban J connectivity index is 2.04. The van der Waals surface area contributed by atoms with Crippen molar-refractivity contribution < 1.29 is 4.79 Å². The molecule has 22 heavy (non-hydrogen) atoms. The van der Waals surface area contributed by atoms with E-state index in [-0.39, 0.29) is 17.1 Å². The van der Waals surface area contributed by atoms with Crippen molar-refractivity contribution in [1.29, 1.82) is 5.26 Å². The molecule has 1 amide bonds. The molecule has 0 saturated heterocycles. The SMILES string of the molecule is CC(C)(C)Nc1ccc(C(=O)Nc2ccc(C#N)cc2)nn1. The fourth-order valence-electron chi connectivity index (χ4n) is 1.73.